The summed E-state index contributed by atoms with van der Waals surface area (Å²) in [5, 5.41) is 0.735. The number of nitrogens with zero attached hydrogens (tertiary/aromatic N) is 3. The normalized spacial score (nSPS) is 14.7. The summed E-state index contributed by atoms with van der Waals surface area (Å²) in [6, 6.07) is 13.6. The third kappa shape index (κ3) is 4.64. The van der Waals surface area contributed by atoms with Crippen LogP contribution in [0, 0.1) is 0 Å². The van der Waals surface area contributed by atoms with Crippen molar-refractivity contribution in [2.24, 2.45) is 0 Å². The van der Waals surface area contributed by atoms with Crippen LogP contribution in [0.5, 0.6) is 5.75 Å². The molecule has 1 aliphatic heterocycles. The third-order valence-corrected chi connectivity index (χ3v) is 6.43. The molecule has 0 saturated carbocycles. The Morgan fingerprint density at radius 1 is 1.23 bits per heavy atom. The summed E-state index contributed by atoms with van der Waals surface area (Å²) in [5.74, 6) is 0.614. The maximum Gasteiger partial charge on any atom is 0.260 e. The number of ether oxygens (including phenoxy) is 2. The van der Waals surface area contributed by atoms with E-state index in [0.717, 1.165) is 54.6 Å². The summed E-state index contributed by atoms with van der Waals surface area (Å²) >= 11 is 1.57. The third-order valence-electron chi connectivity index (χ3n) is 5.39. The number of carbonyl (C=O) groups is 1. The highest BCUT2D eigenvalue weighted by Gasteiger charge is 2.23. The van der Waals surface area contributed by atoms with Gasteiger partial charge in [0.2, 0.25) is 0 Å². The van der Waals surface area contributed by atoms with Gasteiger partial charge in [0, 0.05) is 31.7 Å². The summed E-state index contributed by atoms with van der Waals surface area (Å²) in [4.78, 5) is 22.4. The van der Waals surface area contributed by atoms with Gasteiger partial charge in [-0.2, -0.15) is 0 Å². The van der Waals surface area contributed by atoms with Crippen LogP contribution in [0.3, 0.4) is 0 Å². The maximum atomic E-state index is 13.5. The molecule has 3 aromatic rings. The van der Waals surface area contributed by atoms with Gasteiger partial charge in [-0.05, 0) is 42.3 Å². The van der Waals surface area contributed by atoms with Crippen molar-refractivity contribution in [2.75, 3.05) is 51.4 Å². The Bertz CT molecular complexity index is 1010. The number of benzene rings is 2. The lowest BCUT2D eigenvalue weighted by Crippen LogP contribution is -2.43. The maximum absolute atomic E-state index is 13.5. The highest BCUT2D eigenvalue weighted by molar-refractivity contribution is 7.22. The number of amides is 1. The summed E-state index contributed by atoms with van der Waals surface area (Å²) in [6.07, 6.45) is 0.979. The van der Waals surface area contributed by atoms with Crippen molar-refractivity contribution in [3.63, 3.8) is 0 Å². The fourth-order valence-electron chi connectivity index (χ4n) is 3.55. The van der Waals surface area contributed by atoms with Crippen LogP contribution in [0.4, 0.5) is 5.13 Å². The van der Waals surface area contributed by atoms with Gasteiger partial charge in [-0.1, -0.05) is 30.4 Å². The van der Waals surface area contributed by atoms with Crippen LogP contribution in [0.25, 0.3) is 10.2 Å². The van der Waals surface area contributed by atoms with Gasteiger partial charge < -0.3 is 9.47 Å². The van der Waals surface area contributed by atoms with Crippen molar-refractivity contribution in [3.8, 4) is 5.75 Å². The second kappa shape index (κ2) is 9.55. The molecule has 2 aromatic carbocycles. The summed E-state index contributed by atoms with van der Waals surface area (Å²) in [5.41, 5.74) is 2.81. The van der Waals surface area contributed by atoms with Crippen LogP contribution in [-0.2, 0) is 11.2 Å². The smallest absolute Gasteiger partial charge is 0.260 e. The Hall–Kier alpha value is -2.48. The van der Waals surface area contributed by atoms with Crippen molar-refractivity contribution in [1.82, 2.24) is 9.88 Å². The molecule has 7 heteroatoms. The first-order valence-electron chi connectivity index (χ1n) is 10.3. The molecule has 30 heavy (non-hydrogen) atoms. The van der Waals surface area contributed by atoms with Gasteiger partial charge in [0.1, 0.15) is 5.75 Å². The zero-order chi connectivity index (χ0) is 20.9. The van der Waals surface area contributed by atoms with Gasteiger partial charge in [-0.15, -0.1) is 0 Å². The lowest BCUT2D eigenvalue weighted by Gasteiger charge is -2.29. The van der Waals surface area contributed by atoms with E-state index in [-0.39, 0.29) is 5.91 Å². The van der Waals surface area contributed by atoms with Crippen molar-refractivity contribution >= 4 is 32.6 Å². The average molecular weight is 426 g/mol. The molecule has 0 spiro atoms. The fourth-order valence-corrected chi connectivity index (χ4v) is 4.61. The number of rotatable bonds is 7. The second-order valence-corrected chi connectivity index (χ2v) is 8.30. The largest absolute Gasteiger partial charge is 0.497 e. The van der Waals surface area contributed by atoms with E-state index in [1.807, 2.05) is 24.3 Å². The van der Waals surface area contributed by atoms with Crippen LogP contribution >= 0.6 is 11.3 Å². The van der Waals surface area contributed by atoms with E-state index in [4.69, 9.17) is 14.5 Å². The molecule has 1 aromatic heterocycles. The number of hydrogen-bond donors (Lipinski definition) is 0. The van der Waals surface area contributed by atoms with E-state index < -0.39 is 0 Å². The quantitative estimate of drug-likeness (QED) is 0.576. The lowest BCUT2D eigenvalue weighted by atomic mass is 10.2. The van der Waals surface area contributed by atoms with Gasteiger partial charge >= 0.3 is 0 Å². The topological polar surface area (TPSA) is 54.9 Å². The van der Waals surface area contributed by atoms with E-state index >= 15 is 0 Å². The van der Waals surface area contributed by atoms with Crippen LogP contribution < -0.4 is 9.64 Å². The molecule has 1 aliphatic rings. The number of aromatic nitrogens is 1. The van der Waals surface area contributed by atoms with Crippen molar-refractivity contribution in [2.45, 2.75) is 13.3 Å². The Balaban J connectivity index is 1.64. The number of methoxy groups -OCH3 is 1. The Morgan fingerprint density at radius 3 is 2.83 bits per heavy atom. The first-order valence-corrected chi connectivity index (χ1v) is 11.1. The Kier molecular flexibility index (Phi) is 6.62. The van der Waals surface area contributed by atoms with Gasteiger partial charge in [0.15, 0.2) is 5.13 Å². The molecule has 158 valence electrons. The van der Waals surface area contributed by atoms with Crippen LogP contribution in [0.15, 0.2) is 42.5 Å². The summed E-state index contributed by atoms with van der Waals surface area (Å²) < 4.78 is 11.9. The SMILES string of the molecule is CCc1ccc2nc(N(CCN3CCOCC3)C(=O)c3cccc(OC)c3)sc2c1. The minimum absolute atomic E-state index is 0.0584. The van der Waals surface area contributed by atoms with Crippen LogP contribution in [-0.4, -0.2) is 62.3 Å². The number of morpholine rings is 1. The van der Waals surface area contributed by atoms with Crippen molar-refractivity contribution in [3.05, 3.63) is 53.6 Å². The zero-order valence-corrected chi connectivity index (χ0v) is 18.3. The van der Waals surface area contributed by atoms with Crippen LogP contribution in [0.2, 0.25) is 0 Å². The van der Waals surface area contributed by atoms with Crippen molar-refractivity contribution < 1.29 is 14.3 Å². The lowest BCUT2D eigenvalue weighted by molar-refractivity contribution is 0.0391. The predicted octanol–water partition coefficient (Wildman–Crippen LogP) is 3.85. The first-order chi connectivity index (χ1) is 14.7. The molecule has 4 rings (SSSR count). The molecule has 6 nitrogen and oxygen atoms in total. The standard InChI is InChI=1S/C23H27N3O3S/c1-3-17-7-8-20-21(15-17)30-23(24-20)26(10-9-25-11-13-29-14-12-25)22(27)18-5-4-6-19(16-18)28-2/h4-8,15-16H,3,9-14H2,1-2H3. The minimum Gasteiger partial charge on any atom is -0.497 e. The zero-order valence-electron chi connectivity index (χ0n) is 17.5. The molecular formula is C23H27N3O3S. The molecule has 2 heterocycles. The molecule has 0 radical (unpaired) electrons. The van der Waals surface area contributed by atoms with E-state index in [0.29, 0.717) is 17.9 Å². The number of aryl methyl sites for hydroxylation is 1. The molecule has 1 amide bonds. The van der Waals surface area contributed by atoms with Crippen LogP contribution in [0.1, 0.15) is 22.8 Å². The highest BCUT2D eigenvalue weighted by Crippen LogP contribution is 2.31. The molecule has 0 unspecified atom stereocenters. The molecule has 0 bridgehead atoms. The first kappa shape index (κ1) is 20.8. The number of carbonyl (C=O) groups excluding carboxylic acids is 1. The molecule has 1 fully saturated rings. The number of anilines is 1. The van der Waals surface area contributed by atoms with E-state index in [1.165, 1.54) is 5.56 Å². The monoisotopic (exact) mass is 425 g/mol. The fraction of sp³-hybridized carbons (Fsp3) is 0.391. The molecule has 1 saturated heterocycles. The molecular weight excluding hydrogens is 398 g/mol. The van der Waals surface area contributed by atoms with Crippen molar-refractivity contribution in [1.29, 1.82) is 0 Å². The number of fused-ring (bicyclic) bond motifs is 1. The summed E-state index contributed by atoms with van der Waals surface area (Å²) in [6.45, 7) is 6.77. The Labute approximate surface area is 181 Å². The number of thiazole rings is 1. The molecule has 0 aliphatic carbocycles. The minimum atomic E-state index is -0.0584. The predicted molar refractivity (Wildman–Crippen MR) is 121 cm³/mol. The van der Waals surface area contributed by atoms with Gasteiger partial charge in [0.25, 0.3) is 5.91 Å². The van der Waals surface area contributed by atoms with Gasteiger partial charge in [-0.25, -0.2) is 4.98 Å². The average Bonchev–Trinajstić information content (AvgIpc) is 3.22. The van der Waals surface area contributed by atoms with Gasteiger partial charge in [-0.3, -0.25) is 14.6 Å². The van der Waals surface area contributed by atoms with E-state index in [2.05, 4.69) is 24.0 Å². The molecule has 0 N–H and O–H groups in total. The highest BCUT2D eigenvalue weighted by atomic mass is 32.1. The van der Waals surface area contributed by atoms with E-state index in [1.54, 1.807) is 29.4 Å². The Morgan fingerprint density at radius 2 is 2.07 bits per heavy atom. The molecule has 0 atom stereocenters. The second-order valence-electron chi connectivity index (χ2n) is 7.29. The van der Waals surface area contributed by atoms with E-state index in [9.17, 15) is 4.79 Å². The number of hydrogen-bond acceptors (Lipinski definition) is 6. The van der Waals surface area contributed by atoms with Gasteiger partial charge in [0.05, 0.1) is 30.5 Å². The summed E-state index contributed by atoms with van der Waals surface area (Å²) in [7, 11) is 1.61.